The molecular weight excluding hydrogens is 575 g/mol. The lowest BCUT2D eigenvalue weighted by Gasteiger charge is -2.45. The molecule has 1 N–H and O–H groups in total. The van der Waals surface area contributed by atoms with Crippen LogP contribution in [0.5, 0.6) is 0 Å². The highest BCUT2D eigenvalue weighted by atomic mass is 19.4. The number of alkyl halides is 3. The van der Waals surface area contributed by atoms with Gasteiger partial charge in [-0.25, -0.2) is 9.78 Å². The third kappa shape index (κ3) is 5.83. The van der Waals surface area contributed by atoms with Crippen molar-refractivity contribution in [3.05, 3.63) is 95.8 Å². The van der Waals surface area contributed by atoms with Crippen molar-refractivity contribution < 1.29 is 18.0 Å². The zero-order valence-electron chi connectivity index (χ0n) is 25.6. The van der Waals surface area contributed by atoms with Gasteiger partial charge in [-0.15, -0.1) is 0 Å². The summed E-state index contributed by atoms with van der Waals surface area (Å²) in [7, 11) is 0. The number of hydrogen-bond acceptors (Lipinski definition) is 3. The van der Waals surface area contributed by atoms with Gasteiger partial charge in [0.2, 0.25) is 0 Å². The first kappa shape index (κ1) is 29.8. The molecule has 3 saturated heterocycles. The lowest BCUT2D eigenvalue weighted by Crippen LogP contribution is -2.49. The van der Waals surface area contributed by atoms with E-state index in [0.29, 0.717) is 36.9 Å². The average molecular weight is 616 g/mol. The van der Waals surface area contributed by atoms with Crippen LogP contribution in [0.3, 0.4) is 0 Å². The molecule has 3 aliphatic heterocycles. The van der Waals surface area contributed by atoms with Crippen LogP contribution >= 0.6 is 0 Å². The number of amides is 2. The van der Waals surface area contributed by atoms with E-state index in [9.17, 15) is 18.0 Å². The first-order valence-electron chi connectivity index (χ1n) is 16.2. The van der Waals surface area contributed by atoms with Crippen LogP contribution in [0.2, 0.25) is 0 Å². The molecule has 2 bridgehead atoms. The zero-order valence-corrected chi connectivity index (χ0v) is 25.6. The van der Waals surface area contributed by atoms with Crippen LogP contribution in [-0.4, -0.2) is 57.1 Å². The number of nitrogens with zero attached hydrogens (tertiary/aromatic N) is 4. The summed E-state index contributed by atoms with van der Waals surface area (Å²) in [5, 5.41) is 2.80. The second kappa shape index (κ2) is 11.8. The van der Waals surface area contributed by atoms with Crippen molar-refractivity contribution in [2.75, 3.05) is 25.0 Å². The lowest BCUT2D eigenvalue weighted by molar-refractivity contribution is -0.137. The number of anilines is 1. The lowest BCUT2D eigenvalue weighted by atomic mass is 9.70. The number of aromatic nitrogens is 2. The molecule has 3 aliphatic rings. The minimum atomic E-state index is -4.40. The van der Waals surface area contributed by atoms with E-state index in [1.165, 1.54) is 36.1 Å². The van der Waals surface area contributed by atoms with Crippen molar-refractivity contribution >= 4 is 22.8 Å². The third-order valence-corrected chi connectivity index (χ3v) is 10.7. The van der Waals surface area contributed by atoms with E-state index >= 15 is 0 Å². The summed E-state index contributed by atoms with van der Waals surface area (Å²) in [6.45, 7) is 4.37. The van der Waals surface area contributed by atoms with Crippen LogP contribution in [0.25, 0.3) is 11.0 Å². The maximum absolute atomic E-state index is 13.1. The minimum Gasteiger partial charge on any atom is -0.325 e. The van der Waals surface area contributed by atoms with E-state index in [1.807, 2.05) is 0 Å². The van der Waals surface area contributed by atoms with Crippen molar-refractivity contribution in [1.29, 1.82) is 0 Å². The Hall–Kier alpha value is -3.85. The molecule has 9 heteroatoms. The minimum absolute atomic E-state index is 0.0280. The number of rotatable bonds is 6. The molecule has 3 aromatic carbocycles. The number of imidazole rings is 1. The number of benzene rings is 3. The number of likely N-dealkylation sites (tertiary alicyclic amines) is 1. The van der Waals surface area contributed by atoms with Crippen LogP contribution in [0.15, 0.2) is 78.9 Å². The molecule has 236 valence electrons. The van der Waals surface area contributed by atoms with Gasteiger partial charge < -0.3 is 14.8 Å². The van der Waals surface area contributed by atoms with E-state index in [4.69, 9.17) is 4.98 Å². The van der Waals surface area contributed by atoms with Gasteiger partial charge in [-0.1, -0.05) is 42.5 Å². The maximum atomic E-state index is 13.1. The summed E-state index contributed by atoms with van der Waals surface area (Å²) in [6.07, 6.45) is 3.11. The fourth-order valence-electron chi connectivity index (χ4n) is 8.35. The first-order valence-corrected chi connectivity index (χ1v) is 16.2. The Kier molecular flexibility index (Phi) is 7.84. The fraction of sp³-hybridized carbons (Fsp3) is 0.444. The summed E-state index contributed by atoms with van der Waals surface area (Å²) in [4.78, 5) is 22.5. The van der Waals surface area contributed by atoms with Crippen LogP contribution in [0, 0.1) is 6.92 Å². The van der Waals surface area contributed by atoms with Gasteiger partial charge in [-0.3, -0.25) is 4.90 Å². The molecule has 0 radical (unpaired) electrons. The Labute approximate surface area is 262 Å². The molecule has 6 nitrogen and oxygen atoms in total. The molecule has 4 aromatic rings. The largest absolute Gasteiger partial charge is 0.416 e. The number of hydrogen-bond donors (Lipinski definition) is 1. The normalized spacial score (nSPS) is 23.4. The summed E-state index contributed by atoms with van der Waals surface area (Å²) >= 11 is 0. The van der Waals surface area contributed by atoms with Gasteiger partial charge in [0, 0.05) is 36.9 Å². The van der Waals surface area contributed by atoms with Crippen molar-refractivity contribution in [2.45, 2.75) is 81.6 Å². The van der Waals surface area contributed by atoms with E-state index < -0.39 is 11.7 Å². The molecule has 3 atom stereocenters. The van der Waals surface area contributed by atoms with Crippen molar-refractivity contribution in [1.82, 2.24) is 19.4 Å². The Bertz CT molecular complexity index is 1630. The van der Waals surface area contributed by atoms with Gasteiger partial charge in [0.15, 0.2) is 0 Å². The van der Waals surface area contributed by atoms with Crippen molar-refractivity contribution in [3.8, 4) is 0 Å². The molecule has 2 amide bonds. The Morgan fingerprint density at radius 2 is 1.53 bits per heavy atom. The highest BCUT2D eigenvalue weighted by Crippen LogP contribution is 2.45. The molecule has 0 spiro atoms. The van der Waals surface area contributed by atoms with E-state index in [1.54, 1.807) is 4.90 Å². The number of fused-ring (bicyclic) bond motifs is 3. The van der Waals surface area contributed by atoms with E-state index in [0.717, 1.165) is 62.1 Å². The van der Waals surface area contributed by atoms with E-state index in [2.05, 4.69) is 76.3 Å². The van der Waals surface area contributed by atoms with Gasteiger partial charge in [0.25, 0.3) is 0 Å². The second-order valence-electron chi connectivity index (χ2n) is 13.2. The molecule has 4 heterocycles. The number of urea groups is 1. The van der Waals surface area contributed by atoms with Crippen molar-refractivity contribution in [3.63, 3.8) is 0 Å². The molecule has 1 unspecified atom stereocenters. The SMILES string of the molecule is Cc1nc2ccccc2n1C1C[C@H]2CC[C@@H](C1)N2CCC1(c2ccccc2)CCN(C(=O)Nc2ccc(C(F)(F)F)cc2)CC1. The Morgan fingerprint density at radius 3 is 2.20 bits per heavy atom. The van der Waals surface area contributed by atoms with Gasteiger partial charge in [-0.2, -0.15) is 13.2 Å². The number of halogens is 3. The topological polar surface area (TPSA) is 53.4 Å². The molecule has 7 rings (SSSR count). The molecule has 1 aromatic heterocycles. The highest BCUT2D eigenvalue weighted by molar-refractivity contribution is 5.89. The number of carbonyl (C=O) groups excluding carboxylic acids is 1. The highest BCUT2D eigenvalue weighted by Gasteiger charge is 2.44. The molecule has 45 heavy (non-hydrogen) atoms. The van der Waals surface area contributed by atoms with Crippen LogP contribution in [0.4, 0.5) is 23.7 Å². The number of carbonyl (C=O) groups is 1. The summed E-state index contributed by atoms with van der Waals surface area (Å²) in [5.74, 6) is 1.10. The fourth-order valence-corrected chi connectivity index (χ4v) is 8.35. The monoisotopic (exact) mass is 615 g/mol. The zero-order chi connectivity index (χ0) is 31.2. The second-order valence-corrected chi connectivity index (χ2v) is 13.2. The first-order chi connectivity index (χ1) is 21.7. The third-order valence-electron chi connectivity index (χ3n) is 10.7. The van der Waals surface area contributed by atoms with Gasteiger partial charge in [-0.05, 0) is 106 Å². The summed E-state index contributed by atoms with van der Waals surface area (Å²) < 4.78 is 41.3. The number of para-hydroxylation sites is 2. The predicted molar refractivity (Wildman–Crippen MR) is 170 cm³/mol. The van der Waals surface area contributed by atoms with Crippen LogP contribution in [-0.2, 0) is 11.6 Å². The summed E-state index contributed by atoms with van der Waals surface area (Å²) in [5.41, 5.74) is 3.26. The van der Waals surface area contributed by atoms with Crippen LogP contribution in [0.1, 0.15) is 67.9 Å². The quantitative estimate of drug-likeness (QED) is 0.238. The Balaban J connectivity index is 1.02. The molecule has 0 aliphatic carbocycles. The summed E-state index contributed by atoms with van der Waals surface area (Å²) in [6, 6.07) is 25.2. The molecule has 0 saturated carbocycles. The van der Waals surface area contributed by atoms with E-state index in [-0.39, 0.29) is 11.4 Å². The van der Waals surface area contributed by atoms with Gasteiger partial charge >= 0.3 is 12.2 Å². The van der Waals surface area contributed by atoms with Gasteiger partial charge in [0.1, 0.15) is 5.82 Å². The number of piperidine rings is 2. The van der Waals surface area contributed by atoms with Crippen molar-refractivity contribution in [2.24, 2.45) is 0 Å². The average Bonchev–Trinajstić information content (AvgIpc) is 3.50. The maximum Gasteiger partial charge on any atom is 0.416 e. The van der Waals surface area contributed by atoms with Crippen LogP contribution < -0.4 is 5.32 Å². The molecular formula is C36H40F3N5O. The van der Waals surface area contributed by atoms with Gasteiger partial charge in [0.05, 0.1) is 16.6 Å². The Morgan fingerprint density at radius 1 is 0.889 bits per heavy atom. The number of nitrogens with one attached hydrogen (secondary N) is 1. The smallest absolute Gasteiger partial charge is 0.325 e. The predicted octanol–water partition coefficient (Wildman–Crippen LogP) is 8.19. The number of aryl methyl sites for hydroxylation is 1. The molecule has 3 fully saturated rings. The standard InChI is InChI=1S/C36H40F3N5O/c1-25-40-32-9-5-6-10-33(32)44(25)31-23-29-15-16-30(24-31)43(29)22-19-35(26-7-3-2-4-8-26)17-20-42(21-18-35)34(45)41-28-13-11-27(12-14-28)36(37,38)39/h2-14,29-31H,15-24H2,1H3,(H,41,45)/t29-,30+,31?.